The summed E-state index contributed by atoms with van der Waals surface area (Å²) in [7, 11) is -2.34. The molecule has 8 heteroatoms. The maximum Gasteiger partial charge on any atom is 0.244 e. The van der Waals surface area contributed by atoms with Crippen LogP contribution in [-0.4, -0.2) is 39.6 Å². The van der Waals surface area contributed by atoms with Gasteiger partial charge in [0.2, 0.25) is 10.0 Å². The van der Waals surface area contributed by atoms with Gasteiger partial charge in [-0.3, -0.25) is 0 Å². The topological polar surface area (TPSA) is 82.4 Å². The van der Waals surface area contributed by atoms with E-state index in [2.05, 4.69) is 4.72 Å². The van der Waals surface area contributed by atoms with Crippen LogP contribution in [0.15, 0.2) is 23.1 Å². The number of benzene rings is 1. The van der Waals surface area contributed by atoms with E-state index in [-0.39, 0.29) is 16.7 Å². The predicted molar refractivity (Wildman–Crippen MR) is 73.9 cm³/mol. The highest BCUT2D eigenvalue weighted by molar-refractivity contribution is 7.89. The van der Waals surface area contributed by atoms with E-state index >= 15 is 0 Å². The zero-order chi connectivity index (χ0) is 14.8. The second-order valence-electron chi connectivity index (χ2n) is 4.45. The lowest BCUT2D eigenvalue weighted by Crippen LogP contribution is -2.36. The number of ether oxygens (including phenoxy) is 1. The molecule has 1 heterocycles. The van der Waals surface area contributed by atoms with Crippen molar-refractivity contribution in [1.82, 2.24) is 9.62 Å². The molecule has 0 spiro atoms. The number of methoxy groups -OCH3 is 1. The van der Waals surface area contributed by atoms with Crippen molar-refractivity contribution in [1.29, 1.82) is 5.26 Å². The fourth-order valence-corrected chi connectivity index (χ4v) is 3.78. The molecule has 1 aliphatic rings. The summed E-state index contributed by atoms with van der Waals surface area (Å²) < 4.78 is 32.4. The van der Waals surface area contributed by atoms with E-state index in [1.54, 1.807) is 6.07 Å². The quantitative estimate of drug-likeness (QED) is 0.844. The Bertz CT molecular complexity index is 642. The third-order valence-electron chi connectivity index (χ3n) is 3.07. The molecule has 0 amide bonds. The Morgan fingerprint density at radius 2 is 2.30 bits per heavy atom. The van der Waals surface area contributed by atoms with Crippen molar-refractivity contribution in [3.63, 3.8) is 0 Å². The van der Waals surface area contributed by atoms with Crippen LogP contribution in [0.3, 0.4) is 0 Å². The molecule has 1 fully saturated rings. The first-order valence-corrected chi connectivity index (χ1v) is 7.83. The molecule has 1 atom stereocenters. The average molecular weight is 316 g/mol. The maximum absolute atomic E-state index is 12.4. The zero-order valence-electron chi connectivity index (χ0n) is 10.8. The van der Waals surface area contributed by atoms with Crippen LogP contribution < -0.4 is 9.46 Å². The molecule has 0 radical (unpaired) electrons. The first-order valence-electron chi connectivity index (χ1n) is 5.97. The Kier molecular flexibility index (Phi) is 4.38. The monoisotopic (exact) mass is 315 g/mol. The molecule has 6 nitrogen and oxygen atoms in total. The van der Waals surface area contributed by atoms with Crippen molar-refractivity contribution in [3.8, 4) is 11.9 Å². The molecule has 2 rings (SSSR count). The van der Waals surface area contributed by atoms with E-state index in [1.165, 1.54) is 24.1 Å². The molecule has 0 saturated carbocycles. The summed E-state index contributed by atoms with van der Waals surface area (Å²) in [6.07, 6.45) is 2.60. The summed E-state index contributed by atoms with van der Waals surface area (Å²) in [5.74, 6) is 0.233. The third kappa shape index (κ3) is 3.15. The molecule has 1 aromatic carbocycles. The number of nitriles is 1. The summed E-state index contributed by atoms with van der Waals surface area (Å²) in [6, 6.07) is 4.13. The first-order chi connectivity index (χ1) is 9.46. The third-order valence-corrected chi connectivity index (χ3v) is 4.84. The first kappa shape index (κ1) is 14.9. The number of nitrogens with one attached hydrogen (secondary N) is 1. The highest BCUT2D eigenvalue weighted by Gasteiger charge is 2.28. The van der Waals surface area contributed by atoms with Crippen molar-refractivity contribution in [2.24, 2.45) is 0 Å². The van der Waals surface area contributed by atoms with Gasteiger partial charge in [-0.2, -0.15) is 5.26 Å². The highest BCUT2D eigenvalue weighted by Crippen LogP contribution is 2.27. The second-order valence-corrected chi connectivity index (χ2v) is 6.57. The number of likely N-dealkylation sites (tertiary alicyclic amines) is 1. The summed E-state index contributed by atoms with van der Waals surface area (Å²) in [5.41, 5.74) is 0. The Morgan fingerprint density at radius 1 is 1.55 bits per heavy atom. The molecule has 1 aromatic rings. The molecule has 0 aromatic heterocycles. The summed E-state index contributed by atoms with van der Waals surface area (Å²) >= 11 is 5.84. The molecule has 1 N–H and O–H groups in total. The van der Waals surface area contributed by atoms with Crippen molar-refractivity contribution in [2.75, 3.05) is 20.2 Å². The van der Waals surface area contributed by atoms with E-state index in [4.69, 9.17) is 21.6 Å². The van der Waals surface area contributed by atoms with Crippen molar-refractivity contribution >= 4 is 21.6 Å². The summed E-state index contributed by atoms with van der Waals surface area (Å²) in [4.78, 5) is 1.52. The minimum Gasteiger partial charge on any atom is -0.495 e. The number of halogens is 1. The SMILES string of the molecule is COc1ccc(Cl)cc1S(=O)(=O)NC1CCN(C#N)C1. The lowest BCUT2D eigenvalue weighted by molar-refractivity contribution is 0.402. The van der Waals surface area contributed by atoms with Gasteiger partial charge in [0, 0.05) is 24.2 Å². The number of nitrogens with zero attached hydrogens (tertiary/aromatic N) is 2. The van der Waals surface area contributed by atoms with E-state index in [0.717, 1.165) is 0 Å². The van der Waals surface area contributed by atoms with E-state index in [1.807, 2.05) is 6.19 Å². The van der Waals surface area contributed by atoms with E-state index < -0.39 is 10.0 Å². The summed E-state index contributed by atoms with van der Waals surface area (Å²) in [5, 5.41) is 9.09. The number of hydrogen-bond donors (Lipinski definition) is 1. The van der Waals surface area contributed by atoms with Crippen LogP contribution in [0.1, 0.15) is 6.42 Å². The van der Waals surface area contributed by atoms with Gasteiger partial charge in [-0.1, -0.05) is 11.6 Å². The summed E-state index contributed by atoms with van der Waals surface area (Å²) in [6.45, 7) is 0.926. The normalized spacial score (nSPS) is 18.9. The number of rotatable bonds is 4. The maximum atomic E-state index is 12.4. The lowest BCUT2D eigenvalue weighted by Gasteiger charge is -2.15. The van der Waals surface area contributed by atoms with E-state index in [9.17, 15) is 8.42 Å². The van der Waals surface area contributed by atoms with Crippen LogP contribution in [0.2, 0.25) is 5.02 Å². The van der Waals surface area contributed by atoms with Crippen molar-refractivity contribution in [3.05, 3.63) is 23.2 Å². The molecule has 1 aliphatic heterocycles. The van der Waals surface area contributed by atoms with Gasteiger partial charge in [-0.25, -0.2) is 13.1 Å². The van der Waals surface area contributed by atoms with Gasteiger partial charge in [0.15, 0.2) is 6.19 Å². The smallest absolute Gasteiger partial charge is 0.244 e. The van der Waals surface area contributed by atoms with Crippen molar-refractivity contribution < 1.29 is 13.2 Å². The van der Waals surface area contributed by atoms with Gasteiger partial charge in [0.05, 0.1) is 7.11 Å². The standard InChI is InChI=1S/C12H14ClN3O3S/c1-19-11-3-2-9(13)6-12(11)20(17,18)15-10-4-5-16(7-10)8-14/h2-3,6,10,15H,4-5,7H2,1H3. The van der Waals surface area contributed by atoms with Gasteiger partial charge in [0.25, 0.3) is 0 Å². The van der Waals surface area contributed by atoms with Gasteiger partial charge >= 0.3 is 0 Å². The Labute approximate surface area is 122 Å². The largest absolute Gasteiger partial charge is 0.495 e. The van der Waals surface area contributed by atoms with Gasteiger partial charge in [0.1, 0.15) is 10.6 Å². The van der Waals surface area contributed by atoms with Crippen LogP contribution >= 0.6 is 11.6 Å². The molecular formula is C12H14ClN3O3S. The Balaban J connectivity index is 2.23. The average Bonchev–Trinajstić information content (AvgIpc) is 2.85. The minimum atomic E-state index is -3.74. The zero-order valence-corrected chi connectivity index (χ0v) is 12.4. The molecule has 1 saturated heterocycles. The van der Waals surface area contributed by atoms with Crippen molar-refractivity contribution in [2.45, 2.75) is 17.4 Å². The molecule has 108 valence electrons. The van der Waals surface area contributed by atoms with Gasteiger partial charge in [-0.15, -0.1) is 0 Å². The van der Waals surface area contributed by atoms with Gasteiger partial charge in [-0.05, 0) is 24.6 Å². The Morgan fingerprint density at radius 3 is 2.90 bits per heavy atom. The molecule has 1 unspecified atom stereocenters. The van der Waals surface area contributed by atoms with Crippen LogP contribution in [0, 0.1) is 11.5 Å². The molecule has 20 heavy (non-hydrogen) atoms. The van der Waals surface area contributed by atoms with Crippen LogP contribution in [-0.2, 0) is 10.0 Å². The minimum absolute atomic E-state index is 0.00269. The molecular weight excluding hydrogens is 302 g/mol. The highest BCUT2D eigenvalue weighted by atomic mass is 35.5. The fourth-order valence-electron chi connectivity index (χ4n) is 2.09. The number of hydrogen-bond acceptors (Lipinski definition) is 5. The van der Waals surface area contributed by atoms with Crippen LogP contribution in [0.25, 0.3) is 0 Å². The second kappa shape index (κ2) is 5.87. The molecule has 0 bridgehead atoms. The molecule has 0 aliphatic carbocycles. The number of sulfonamides is 1. The van der Waals surface area contributed by atoms with Gasteiger partial charge < -0.3 is 9.64 Å². The fraction of sp³-hybridized carbons (Fsp3) is 0.417. The van der Waals surface area contributed by atoms with Crippen LogP contribution in [0.5, 0.6) is 5.75 Å². The van der Waals surface area contributed by atoms with Crippen LogP contribution in [0.4, 0.5) is 0 Å². The lowest BCUT2D eigenvalue weighted by atomic mass is 10.3. The predicted octanol–water partition coefficient (Wildman–Crippen LogP) is 1.18. The Hall–Kier alpha value is -1.49. The van der Waals surface area contributed by atoms with E-state index in [0.29, 0.717) is 24.5 Å².